The van der Waals surface area contributed by atoms with Crippen LogP contribution in [0.15, 0.2) is 18.2 Å². The highest BCUT2D eigenvalue weighted by atomic mass is 16.5. The number of aliphatic hydroxyl groups excluding tert-OH is 1. The zero-order chi connectivity index (χ0) is 13.5. The van der Waals surface area contributed by atoms with Crippen LogP contribution in [0.3, 0.4) is 0 Å². The van der Waals surface area contributed by atoms with Crippen LogP contribution in [0.2, 0.25) is 0 Å². The number of hydrogen-bond acceptors (Lipinski definition) is 5. The summed E-state index contributed by atoms with van der Waals surface area (Å²) >= 11 is 0. The Morgan fingerprint density at radius 1 is 1.44 bits per heavy atom. The monoisotopic (exact) mass is 255 g/mol. The van der Waals surface area contributed by atoms with Gasteiger partial charge in [0, 0.05) is 13.2 Å². The van der Waals surface area contributed by atoms with E-state index >= 15 is 0 Å². The van der Waals surface area contributed by atoms with Crippen molar-refractivity contribution in [1.29, 1.82) is 0 Å². The molecule has 18 heavy (non-hydrogen) atoms. The van der Waals surface area contributed by atoms with E-state index in [1.807, 2.05) is 0 Å². The van der Waals surface area contributed by atoms with Crippen LogP contribution >= 0.6 is 0 Å². The molecule has 0 spiro atoms. The first-order valence-electron chi connectivity index (χ1n) is 5.40. The molecule has 1 atom stereocenters. The van der Waals surface area contributed by atoms with Gasteiger partial charge in [-0.15, -0.1) is 0 Å². The highest BCUT2D eigenvalue weighted by molar-refractivity contribution is 5.97. The molecule has 1 aromatic carbocycles. The van der Waals surface area contributed by atoms with Crippen molar-refractivity contribution in [3.05, 3.63) is 23.8 Å². The summed E-state index contributed by atoms with van der Waals surface area (Å²) in [7, 11) is 2.94. The van der Waals surface area contributed by atoms with E-state index in [2.05, 4.69) is 5.32 Å². The number of ether oxygens (including phenoxy) is 2. The third-order valence-corrected chi connectivity index (χ3v) is 2.37. The molecule has 0 aliphatic rings. The molecule has 0 fully saturated rings. The van der Waals surface area contributed by atoms with Gasteiger partial charge in [-0.05, 0) is 12.1 Å². The molecule has 0 heterocycles. The molecule has 0 bridgehead atoms. The lowest BCUT2D eigenvalue weighted by Crippen LogP contribution is -2.40. The fraction of sp³-hybridized carbons (Fsp3) is 0.417. The van der Waals surface area contributed by atoms with Crippen LogP contribution in [-0.2, 0) is 4.74 Å². The van der Waals surface area contributed by atoms with Gasteiger partial charge in [-0.1, -0.05) is 0 Å². The van der Waals surface area contributed by atoms with Crippen molar-refractivity contribution in [3.63, 3.8) is 0 Å². The first-order chi connectivity index (χ1) is 8.62. The molecule has 1 aromatic rings. The number of phenolic OH excluding ortho intramolecular Hbond substituents is 1. The van der Waals surface area contributed by atoms with Gasteiger partial charge in [0.05, 0.1) is 31.9 Å². The molecular formula is C12H17NO5. The molecule has 6 nitrogen and oxygen atoms in total. The number of aromatic hydroxyl groups is 1. The van der Waals surface area contributed by atoms with Crippen molar-refractivity contribution in [3.8, 4) is 11.5 Å². The second kappa shape index (κ2) is 6.83. The van der Waals surface area contributed by atoms with Crippen LogP contribution < -0.4 is 10.1 Å². The molecule has 1 amide bonds. The lowest BCUT2D eigenvalue weighted by Gasteiger charge is -2.15. The summed E-state index contributed by atoms with van der Waals surface area (Å²) in [5.74, 6) is -0.202. The van der Waals surface area contributed by atoms with E-state index < -0.39 is 11.9 Å². The van der Waals surface area contributed by atoms with Gasteiger partial charge in [0.1, 0.15) is 11.5 Å². The predicted octanol–water partition coefficient (Wildman–Crippen LogP) is 0.138. The molecule has 0 aliphatic heterocycles. The van der Waals surface area contributed by atoms with Crippen molar-refractivity contribution in [2.24, 2.45) is 0 Å². The zero-order valence-electron chi connectivity index (χ0n) is 10.3. The number of amides is 1. The number of benzene rings is 1. The van der Waals surface area contributed by atoms with Crippen molar-refractivity contribution >= 4 is 5.91 Å². The van der Waals surface area contributed by atoms with E-state index in [0.717, 1.165) is 0 Å². The van der Waals surface area contributed by atoms with Gasteiger partial charge in [-0.2, -0.15) is 0 Å². The predicted molar refractivity (Wildman–Crippen MR) is 64.9 cm³/mol. The minimum Gasteiger partial charge on any atom is -0.507 e. The number of carbonyl (C=O) groups excluding carboxylic acids is 1. The lowest BCUT2D eigenvalue weighted by atomic mass is 10.1. The SMILES string of the molecule is COCC(CO)NC(=O)c1ccc(OC)cc1O. The summed E-state index contributed by atoms with van der Waals surface area (Å²) in [6.07, 6.45) is 0. The zero-order valence-corrected chi connectivity index (χ0v) is 10.3. The van der Waals surface area contributed by atoms with Crippen LogP contribution in [0, 0.1) is 0 Å². The van der Waals surface area contributed by atoms with E-state index in [-0.39, 0.29) is 24.5 Å². The molecule has 3 N–H and O–H groups in total. The van der Waals surface area contributed by atoms with E-state index in [4.69, 9.17) is 14.6 Å². The number of rotatable bonds is 6. The number of hydrogen-bond donors (Lipinski definition) is 3. The average Bonchev–Trinajstić information content (AvgIpc) is 2.37. The summed E-state index contributed by atoms with van der Waals surface area (Å²) in [6, 6.07) is 3.85. The normalized spacial score (nSPS) is 11.9. The van der Waals surface area contributed by atoms with Gasteiger partial charge in [-0.3, -0.25) is 4.79 Å². The molecule has 6 heteroatoms. The minimum absolute atomic E-state index is 0.116. The van der Waals surface area contributed by atoms with Crippen LogP contribution in [0.5, 0.6) is 11.5 Å². The van der Waals surface area contributed by atoms with Gasteiger partial charge in [0.15, 0.2) is 0 Å². The van der Waals surface area contributed by atoms with Gasteiger partial charge in [-0.25, -0.2) is 0 Å². The topological polar surface area (TPSA) is 88.0 Å². The van der Waals surface area contributed by atoms with Gasteiger partial charge in [0.25, 0.3) is 5.91 Å². The lowest BCUT2D eigenvalue weighted by molar-refractivity contribution is 0.0837. The number of methoxy groups -OCH3 is 2. The van der Waals surface area contributed by atoms with Gasteiger partial charge in [0.2, 0.25) is 0 Å². The number of nitrogens with one attached hydrogen (secondary N) is 1. The van der Waals surface area contributed by atoms with E-state index in [0.29, 0.717) is 5.75 Å². The molecule has 0 aromatic heterocycles. The second-order valence-electron chi connectivity index (χ2n) is 3.69. The average molecular weight is 255 g/mol. The Bertz CT molecular complexity index is 407. The van der Waals surface area contributed by atoms with Gasteiger partial charge < -0.3 is 25.0 Å². The van der Waals surface area contributed by atoms with E-state index in [1.54, 1.807) is 6.07 Å². The summed E-state index contributed by atoms with van der Waals surface area (Å²) in [5, 5.41) is 21.2. The molecular weight excluding hydrogens is 238 g/mol. The summed E-state index contributed by atoms with van der Waals surface area (Å²) in [5.41, 5.74) is 0.116. The largest absolute Gasteiger partial charge is 0.507 e. The van der Waals surface area contributed by atoms with Crippen LogP contribution in [-0.4, -0.2) is 49.6 Å². The molecule has 1 rings (SSSR count). The fourth-order valence-corrected chi connectivity index (χ4v) is 1.43. The summed E-state index contributed by atoms with van der Waals surface area (Å²) in [4.78, 5) is 11.8. The molecule has 0 radical (unpaired) electrons. The number of aliphatic hydroxyl groups is 1. The molecule has 100 valence electrons. The Labute approximate surface area is 105 Å². The maximum Gasteiger partial charge on any atom is 0.255 e. The Kier molecular flexibility index (Phi) is 5.41. The fourth-order valence-electron chi connectivity index (χ4n) is 1.43. The smallest absolute Gasteiger partial charge is 0.255 e. The minimum atomic E-state index is -0.510. The quantitative estimate of drug-likeness (QED) is 0.673. The van der Waals surface area contributed by atoms with Crippen molar-refractivity contribution in [2.45, 2.75) is 6.04 Å². The Hall–Kier alpha value is -1.79. The Morgan fingerprint density at radius 2 is 2.17 bits per heavy atom. The highest BCUT2D eigenvalue weighted by Crippen LogP contribution is 2.23. The third kappa shape index (κ3) is 3.61. The number of phenols is 1. The third-order valence-electron chi connectivity index (χ3n) is 2.37. The first-order valence-corrected chi connectivity index (χ1v) is 5.40. The van der Waals surface area contributed by atoms with E-state index in [9.17, 15) is 9.90 Å². The molecule has 1 unspecified atom stereocenters. The number of carbonyl (C=O) groups is 1. The van der Waals surface area contributed by atoms with Crippen molar-refractivity contribution in [1.82, 2.24) is 5.32 Å². The molecule has 0 saturated heterocycles. The summed E-state index contributed by atoms with van der Waals surface area (Å²) < 4.78 is 9.76. The highest BCUT2D eigenvalue weighted by Gasteiger charge is 2.16. The summed E-state index contributed by atoms with van der Waals surface area (Å²) in [6.45, 7) is -0.0460. The molecule has 0 saturated carbocycles. The Morgan fingerprint density at radius 3 is 2.67 bits per heavy atom. The van der Waals surface area contributed by atoms with Crippen LogP contribution in [0.1, 0.15) is 10.4 Å². The standard InChI is InChI=1S/C12H17NO5/c1-17-7-8(6-14)13-12(16)10-4-3-9(18-2)5-11(10)15/h3-5,8,14-15H,6-7H2,1-2H3,(H,13,16). The van der Waals surface area contributed by atoms with E-state index in [1.165, 1.54) is 26.4 Å². The van der Waals surface area contributed by atoms with Crippen LogP contribution in [0.4, 0.5) is 0 Å². The first kappa shape index (κ1) is 14.3. The van der Waals surface area contributed by atoms with Crippen molar-refractivity contribution in [2.75, 3.05) is 27.4 Å². The maximum atomic E-state index is 11.8. The maximum absolute atomic E-state index is 11.8. The second-order valence-corrected chi connectivity index (χ2v) is 3.69. The van der Waals surface area contributed by atoms with Gasteiger partial charge >= 0.3 is 0 Å². The molecule has 0 aliphatic carbocycles. The van der Waals surface area contributed by atoms with Crippen molar-refractivity contribution < 1.29 is 24.5 Å². The van der Waals surface area contributed by atoms with Crippen LogP contribution in [0.25, 0.3) is 0 Å². The Balaban J connectivity index is 2.77.